The first-order chi connectivity index (χ1) is 9.58. The first kappa shape index (κ1) is 16.5. The SMILES string of the molecule is CCN(CC)CCNC(=O)c1ccccc1NC(C)C. The third kappa shape index (κ3) is 5.21. The number of likely N-dealkylation sites (N-methyl/N-ethyl adjacent to an activating group) is 1. The van der Waals surface area contributed by atoms with Crippen LogP contribution in [0, 0.1) is 0 Å². The number of benzene rings is 1. The molecule has 0 spiro atoms. The first-order valence-corrected chi connectivity index (χ1v) is 7.44. The van der Waals surface area contributed by atoms with Gasteiger partial charge in [0, 0.05) is 24.8 Å². The van der Waals surface area contributed by atoms with Crippen molar-refractivity contribution in [2.75, 3.05) is 31.5 Å². The van der Waals surface area contributed by atoms with Crippen LogP contribution in [0.5, 0.6) is 0 Å². The van der Waals surface area contributed by atoms with E-state index in [1.54, 1.807) is 0 Å². The van der Waals surface area contributed by atoms with Gasteiger partial charge in [0.2, 0.25) is 0 Å². The zero-order valence-electron chi connectivity index (χ0n) is 13.1. The van der Waals surface area contributed by atoms with Crippen LogP contribution in [0.1, 0.15) is 38.1 Å². The van der Waals surface area contributed by atoms with Crippen molar-refractivity contribution in [2.45, 2.75) is 33.7 Å². The van der Waals surface area contributed by atoms with E-state index in [1.807, 2.05) is 24.3 Å². The lowest BCUT2D eigenvalue weighted by Gasteiger charge is -2.19. The van der Waals surface area contributed by atoms with Gasteiger partial charge in [-0.05, 0) is 39.1 Å². The molecule has 0 saturated carbocycles. The summed E-state index contributed by atoms with van der Waals surface area (Å²) in [7, 11) is 0. The number of nitrogens with zero attached hydrogens (tertiary/aromatic N) is 1. The predicted molar refractivity (Wildman–Crippen MR) is 85.3 cm³/mol. The van der Waals surface area contributed by atoms with Crippen LogP contribution in [-0.4, -0.2) is 43.0 Å². The van der Waals surface area contributed by atoms with Crippen LogP contribution in [0.25, 0.3) is 0 Å². The van der Waals surface area contributed by atoms with Crippen molar-refractivity contribution in [3.05, 3.63) is 29.8 Å². The van der Waals surface area contributed by atoms with E-state index in [-0.39, 0.29) is 5.91 Å². The van der Waals surface area contributed by atoms with Gasteiger partial charge < -0.3 is 15.5 Å². The molecule has 0 aliphatic heterocycles. The van der Waals surface area contributed by atoms with Crippen LogP contribution in [0.2, 0.25) is 0 Å². The summed E-state index contributed by atoms with van der Waals surface area (Å²) < 4.78 is 0. The Hall–Kier alpha value is -1.55. The third-order valence-electron chi connectivity index (χ3n) is 3.22. The van der Waals surface area contributed by atoms with E-state index >= 15 is 0 Å². The zero-order chi connectivity index (χ0) is 15.0. The Kier molecular flexibility index (Phi) is 7.09. The average molecular weight is 277 g/mol. The number of para-hydroxylation sites is 1. The smallest absolute Gasteiger partial charge is 0.253 e. The van der Waals surface area contributed by atoms with Crippen LogP contribution in [0.4, 0.5) is 5.69 Å². The fourth-order valence-electron chi connectivity index (χ4n) is 2.08. The van der Waals surface area contributed by atoms with Crippen LogP contribution in [-0.2, 0) is 0 Å². The van der Waals surface area contributed by atoms with Gasteiger partial charge in [-0.2, -0.15) is 0 Å². The van der Waals surface area contributed by atoms with Gasteiger partial charge in [-0.1, -0.05) is 26.0 Å². The van der Waals surface area contributed by atoms with Crippen LogP contribution in [0.15, 0.2) is 24.3 Å². The van der Waals surface area contributed by atoms with E-state index < -0.39 is 0 Å². The van der Waals surface area contributed by atoms with Crippen molar-refractivity contribution in [2.24, 2.45) is 0 Å². The summed E-state index contributed by atoms with van der Waals surface area (Å²) in [5, 5.41) is 6.30. The molecule has 2 N–H and O–H groups in total. The summed E-state index contributed by atoms with van der Waals surface area (Å²) in [6.45, 7) is 12.0. The number of nitrogens with one attached hydrogen (secondary N) is 2. The summed E-state index contributed by atoms with van der Waals surface area (Å²) in [4.78, 5) is 14.5. The summed E-state index contributed by atoms with van der Waals surface area (Å²) in [5.74, 6) is -0.0130. The number of carbonyl (C=O) groups excluding carboxylic acids is 1. The number of carbonyl (C=O) groups is 1. The summed E-state index contributed by atoms with van der Waals surface area (Å²) >= 11 is 0. The molecule has 0 unspecified atom stereocenters. The Balaban J connectivity index is 2.59. The van der Waals surface area contributed by atoms with Gasteiger partial charge in [-0.3, -0.25) is 4.79 Å². The molecular formula is C16H27N3O. The highest BCUT2D eigenvalue weighted by atomic mass is 16.1. The molecule has 4 heteroatoms. The van der Waals surface area contributed by atoms with E-state index in [0.29, 0.717) is 18.2 Å². The molecule has 1 rings (SSSR count). The van der Waals surface area contributed by atoms with Gasteiger partial charge in [-0.25, -0.2) is 0 Å². The van der Waals surface area contributed by atoms with Gasteiger partial charge in [0.25, 0.3) is 5.91 Å². The second kappa shape index (κ2) is 8.59. The summed E-state index contributed by atoms with van der Waals surface area (Å²) in [5.41, 5.74) is 1.60. The van der Waals surface area contributed by atoms with Gasteiger partial charge in [-0.15, -0.1) is 0 Å². The van der Waals surface area contributed by atoms with Crippen LogP contribution >= 0.6 is 0 Å². The minimum Gasteiger partial charge on any atom is -0.382 e. The Bertz CT molecular complexity index is 414. The van der Waals surface area contributed by atoms with Crippen molar-refractivity contribution in [1.29, 1.82) is 0 Å². The van der Waals surface area contributed by atoms with E-state index in [9.17, 15) is 4.79 Å². The molecule has 0 saturated heterocycles. The molecule has 0 aromatic heterocycles. The van der Waals surface area contributed by atoms with E-state index in [2.05, 4.69) is 43.2 Å². The minimum absolute atomic E-state index is 0.0130. The number of anilines is 1. The Morgan fingerprint density at radius 3 is 2.45 bits per heavy atom. The highest BCUT2D eigenvalue weighted by Crippen LogP contribution is 2.15. The van der Waals surface area contributed by atoms with Gasteiger partial charge in [0.15, 0.2) is 0 Å². The van der Waals surface area contributed by atoms with Crippen molar-refractivity contribution in [3.63, 3.8) is 0 Å². The maximum atomic E-state index is 12.2. The third-order valence-corrected chi connectivity index (χ3v) is 3.22. The second-order valence-corrected chi connectivity index (χ2v) is 5.13. The number of hydrogen-bond donors (Lipinski definition) is 2. The van der Waals surface area contributed by atoms with Crippen LogP contribution < -0.4 is 10.6 Å². The highest BCUT2D eigenvalue weighted by molar-refractivity contribution is 5.99. The molecule has 0 radical (unpaired) electrons. The summed E-state index contributed by atoms with van der Waals surface area (Å²) in [6, 6.07) is 7.94. The molecule has 0 heterocycles. The standard InChI is InChI=1S/C16H27N3O/c1-5-19(6-2)12-11-17-16(20)14-9-7-8-10-15(14)18-13(3)4/h7-10,13,18H,5-6,11-12H2,1-4H3,(H,17,20). The highest BCUT2D eigenvalue weighted by Gasteiger charge is 2.11. The molecule has 20 heavy (non-hydrogen) atoms. The summed E-state index contributed by atoms with van der Waals surface area (Å²) in [6.07, 6.45) is 0. The molecule has 0 fully saturated rings. The second-order valence-electron chi connectivity index (χ2n) is 5.13. The maximum absolute atomic E-state index is 12.2. The molecule has 0 aliphatic rings. The minimum atomic E-state index is -0.0130. The maximum Gasteiger partial charge on any atom is 0.253 e. The van der Waals surface area contributed by atoms with Crippen molar-refractivity contribution < 1.29 is 4.79 Å². The fraction of sp³-hybridized carbons (Fsp3) is 0.562. The van der Waals surface area contributed by atoms with Crippen molar-refractivity contribution in [3.8, 4) is 0 Å². The van der Waals surface area contributed by atoms with Gasteiger partial charge >= 0.3 is 0 Å². The quantitative estimate of drug-likeness (QED) is 0.767. The Morgan fingerprint density at radius 2 is 1.85 bits per heavy atom. The fourth-order valence-corrected chi connectivity index (χ4v) is 2.08. The predicted octanol–water partition coefficient (Wildman–Crippen LogP) is 2.58. The molecule has 112 valence electrons. The molecular weight excluding hydrogens is 250 g/mol. The van der Waals surface area contributed by atoms with Crippen molar-refractivity contribution >= 4 is 11.6 Å². The topological polar surface area (TPSA) is 44.4 Å². The monoisotopic (exact) mass is 277 g/mol. The molecule has 1 aromatic carbocycles. The number of rotatable bonds is 8. The Labute approximate surface area is 122 Å². The van der Waals surface area contributed by atoms with Gasteiger partial charge in [0.1, 0.15) is 0 Å². The molecule has 0 bridgehead atoms. The lowest BCUT2D eigenvalue weighted by Crippen LogP contribution is -2.35. The number of hydrogen-bond acceptors (Lipinski definition) is 3. The average Bonchev–Trinajstić information content (AvgIpc) is 2.43. The van der Waals surface area contributed by atoms with E-state index in [0.717, 1.165) is 25.3 Å². The molecule has 4 nitrogen and oxygen atoms in total. The number of amides is 1. The van der Waals surface area contributed by atoms with Crippen LogP contribution in [0.3, 0.4) is 0 Å². The van der Waals surface area contributed by atoms with Gasteiger partial charge in [0.05, 0.1) is 5.56 Å². The molecule has 1 amide bonds. The van der Waals surface area contributed by atoms with Crippen molar-refractivity contribution in [1.82, 2.24) is 10.2 Å². The molecule has 0 aliphatic carbocycles. The normalized spacial score (nSPS) is 10.9. The first-order valence-electron chi connectivity index (χ1n) is 7.44. The lowest BCUT2D eigenvalue weighted by atomic mass is 10.1. The molecule has 0 atom stereocenters. The Morgan fingerprint density at radius 1 is 1.20 bits per heavy atom. The van der Waals surface area contributed by atoms with E-state index in [1.165, 1.54) is 0 Å². The molecule has 1 aromatic rings. The van der Waals surface area contributed by atoms with E-state index in [4.69, 9.17) is 0 Å². The largest absolute Gasteiger partial charge is 0.382 e. The lowest BCUT2D eigenvalue weighted by molar-refractivity contribution is 0.0949. The zero-order valence-corrected chi connectivity index (χ0v) is 13.1.